The van der Waals surface area contributed by atoms with Crippen LogP contribution in [-0.4, -0.2) is 28.0 Å². The van der Waals surface area contributed by atoms with Crippen LogP contribution in [0.15, 0.2) is 72.8 Å². The Kier molecular flexibility index (Phi) is 6.97. The molecule has 0 saturated heterocycles. The first-order chi connectivity index (χ1) is 11.7. The maximum Gasteiger partial charge on any atom is 0.330 e. The predicted octanol–water partition coefficient (Wildman–Crippen LogP) is 2.90. The maximum absolute atomic E-state index is 11.4. The van der Waals surface area contributed by atoms with E-state index in [1.54, 1.807) is 20.1 Å². The lowest BCUT2D eigenvalue weighted by Gasteiger charge is -2.30. The summed E-state index contributed by atoms with van der Waals surface area (Å²) < 4.78 is 11.4. The maximum atomic E-state index is 11.4. The van der Waals surface area contributed by atoms with Crippen molar-refractivity contribution < 1.29 is 14.0 Å². The summed E-state index contributed by atoms with van der Waals surface area (Å²) in [5, 5.41) is 2.47. The molecule has 0 N–H and O–H groups in total. The Morgan fingerprint density at radius 2 is 1.54 bits per heavy atom. The van der Waals surface area contributed by atoms with Crippen molar-refractivity contribution in [2.24, 2.45) is 0 Å². The minimum absolute atomic E-state index is 0.290. The molecule has 3 nitrogen and oxygen atoms in total. The lowest BCUT2D eigenvalue weighted by Crippen LogP contribution is -2.60. The molecule has 0 radical (unpaired) electrons. The number of esters is 1. The van der Waals surface area contributed by atoms with E-state index in [1.807, 2.05) is 36.4 Å². The minimum atomic E-state index is -2.32. The van der Waals surface area contributed by atoms with Crippen LogP contribution in [0.1, 0.15) is 13.3 Å². The van der Waals surface area contributed by atoms with E-state index in [1.165, 1.54) is 16.4 Å². The van der Waals surface area contributed by atoms with E-state index in [-0.39, 0.29) is 5.97 Å². The highest BCUT2D eigenvalue weighted by molar-refractivity contribution is 6.97. The van der Waals surface area contributed by atoms with Crippen LogP contribution in [0, 0.1) is 0 Å². The molecular formula is C20H24O3Si. The fourth-order valence-corrected chi connectivity index (χ4v) is 6.58. The average Bonchev–Trinajstić information content (AvgIpc) is 2.64. The van der Waals surface area contributed by atoms with E-state index < -0.39 is 8.32 Å². The third kappa shape index (κ3) is 4.43. The molecule has 0 aliphatic carbocycles. The molecule has 2 aromatic rings. The number of hydrogen-bond donors (Lipinski definition) is 0. The summed E-state index contributed by atoms with van der Waals surface area (Å²) in [5.74, 6) is -0.290. The van der Waals surface area contributed by atoms with Gasteiger partial charge < -0.3 is 9.16 Å². The number of allylic oxidation sites excluding steroid dienone is 1. The first-order valence-corrected chi connectivity index (χ1v) is 10.3. The van der Waals surface area contributed by atoms with Gasteiger partial charge in [0.2, 0.25) is 0 Å². The highest BCUT2D eigenvalue weighted by Crippen LogP contribution is 2.15. The summed E-state index contributed by atoms with van der Waals surface area (Å²) in [4.78, 5) is 11.4. The zero-order valence-corrected chi connectivity index (χ0v) is 15.3. The van der Waals surface area contributed by atoms with Crippen molar-refractivity contribution in [3.8, 4) is 0 Å². The summed E-state index contributed by atoms with van der Waals surface area (Å²) in [5.41, 5.74) is 0. The monoisotopic (exact) mass is 340 g/mol. The van der Waals surface area contributed by atoms with Crippen molar-refractivity contribution in [2.75, 3.05) is 13.7 Å². The Bertz CT molecular complexity index is 614. The first kappa shape index (κ1) is 18.2. The van der Waals surface area contributed by atoms with Crippen molar-refractivity contribution in [1.29, 1.82) is 0 Å². The summed E-state index contributed by atoms with van der Waals surface area (Å²) in [7, 11) is -0.532. The Balaban J connectivity index is 2.19. The number of carbonyl (C=O) groups excluding carboxylic acids is 1. The molecule has 2 rings (SSSR count). The van der Waals surface area contributed by atoms with Gasteiger partial charge in [-0.1, -0.05) is 66.7 Å². The largest absolute Gasteiger partial charge is 0.463 e. The molecule has 126 valence electrons. The molecule has 0 aromatic heterocycles. The molecular weight excluding hydrogens is 316 g/mol. The van der Waals surface area contributed by atoms with Gasteiger partial charge in [0.25, 0.3) is 8.32 Å². The van der Waals surface area contributed by atoms with E-state index in [9.17, 15) is 4.79 Å². The van der Waals surface area contributed by atoms with E-state index in [2.05, 4.69) is 24.3 Å². The smallest absolute Gasteiger partial charge is 0.330 e. The van der Waals surface area contributed by atoms with Gasteiger partial charge in [-0.2, -0.15) is 0 Å². The number of rotatable bonds is 8. The zero-order valence-electron chi connectivity index (χ0n) is 14.3. The molecule has 0 fully saturated rings. The lowest BCUT2D eigenvalue weighted by atomic mass is 10.4. The average molecular weight is 340 g/mol. The number of carbonyl (C=O) groups is 1. The molecule has 2 aromatic carbocycles. The molecule has 0 unspecified atom stereocenters. The molecule has 24 heavy (non-hydrogen) atoms. The molecule has 0 heterocycles. The van der Waals surface area contributed by atoms with Crippen LogP contribution < -0.4 is 10.4 Å². The third-order valence-corrected chi connectivity index (χ3v) is 8.34. The van der Waals surface area contributed by atoms with Crippen molar-refractivity contribution >= 4 is 24.7 Å². The summed E-state index contributed by atoms with van der Waals surface area (Å²) in [6, 6.07) is 21.6. The van der Waals surface area contributed by atoms with Crippen LogP contribution in [0.2, 0.25) is 6.04 Å². The molecule has 0 saturated carbocycles. The van der Waals surface area contributed by atoms with Gasteiger partial charge in [-0.3, -0.25) is 0 Å². The van der Waals surface area contributed by atoms with E-state index >= 15 is 0 Å². The number of benzene rings is 2. The van der Waals surface area contributed by atoms with Crippen molar-refractivity contribution in [3.63, 3.8) is 0 Å². The Morgan fingerprint density at radius 3 is 2.00 bits per heavy atom. The standard InChI is InChI=1S/C20H24O3Si/c1-3-11-20(21)23-16-10-17-24(22-2,18-12-6-4-7-13-18)19-14-8-5-9-15-19/h3-9,11-15H,10,16-17H2,1-2H3. The molecule has 4 heteroatoms. The molecule has 0 aliphatic heterocycles. The summed E-state index contributed by atoms with van der Waals surface area (Å²) in [6.07, 6.45) is 3.90. The van der Waals surface area contributed by atoms with Gasteiger partial charge in [0.1, 0.15) is 0 Å². The fourth-order valence-electron chi connectivity index (χ4n) is 2.89. The van der Waals surface area contributed by atoms with Gasteiger partial charge in [-0.15, -0.1) is 0 Å². The first-order valence-electron chi connectivity index (χ1n) is 8.18. The Labute approximate surface area is 145 Å². The van der Waals surface area contributed by atoms with Crippen LogP contribution in [0.3, 0.4) is 0 Å². The highest BCUT2D eigenvalue weighted by Gasteiger charge is 2.37. The van der Waals surface area contributed by atoms with Gasteiger partial charge in [0.15, 0.2) is 0 Å². The normalized spacial score (nSPS) is 11.6. The Hall–Kier alpha value is -2.17. The number of hydrogen-bond acceptors (Lipinski definition) is 3. The van der Waals surface area contributed by atoms with Crippen LogP contribution in [0.4, 0.5) is 0 Å². The minimum Gasteiger partial charge on any atom is -0.463 e. The fraction of sp³-hybridized carbons (Fsp3) is 0.250. The second-order valence-electron chi connectivity index (χ2n) is 5.53. The van der Waals surface area contributed by atoms with Crippen LogP contribution >= 0.6 is 0 Å². The number of ether oxygens (including phenoxy) is 1. The molecule has 0 amide bonds. The van der Waals surface area contributed by atoms with Crippen molar-refractivity contribution in [1.82, 2.24) is 0 Å². The lowest BCUT2D eigenvalue weighted by molar-refractivity contribution is -0.137. The summed E-state index contributed by atoms with van der Waals surface area (Å²) >= 11 is 0. The van der Waals surface area contributed by atoms with Gasteiger partial charge in [0, 0.05) is 13.2 Å². The third-order valence-electron chi connectivity index (χ3n) is 4.05. The summed E-state index contributed by atoms with van der Waals surface area (Å²) in [6.45, 7) is 2.20. The highest BCUT2D eigenvalue weighted by atomic mass is 28.4. The van der Waals surface area contributed by atoms with Crippen LogP contribution in [0.25, 0.3) is 0 Å². The molecule has 0 bridgehead atoms. The quantitative estimate of drug-likeness (QED) is 0.321. The Morgan fingerprint density at radius 1 is 1.00 bits per heavy atom. The SMILES string of the molecule is CC=CC(=O)OCCC[Si](OC)(c1ccccc1)c1ccccc1. The van der Waals surface area contributed by atoms with E-state index in [4.69, 9.17) is 9.16 Å². The van der Waals surface area contributed by atoms with Gasteiger partial charge >= 0.3 is 5.97 Å². The van der Waals surface area contributed by atoms with E-state index in [0.29, 0.717) is 6.61 Å². The molecule has 0 aliphatic rings. The molecule has 0 atom stereocenters. The second kappa shape index (κ2) is 9.20. The second-order valence-corrected chi connectivity index (χ2v) is 9.25. The van der Waals surface area contributed by atoms with E-state index in [0.717, 1.165) is 12.5 Å². The molecule has 0 spiro atoms. The topological polar surface area (TPSA) is 35.5 Å². The van der Waals surface area contributed by atoms with Gasteiger partial charge in [-0.05, 0) is 29.8 Å². The predicted molar refractivity (Wildman–Crippen MR) is 100 cm³/mol. The van der Waals surface area contributed by atoms with Crippen molar-refractivity contribution in [3.05, 3.63) is 72.8 Å². The van der Waals surface area contributed by atoms with Crippen LogP contribution in [-0.2, 0) is 14.0 Å². The van der Waals surface area contributed by atoms with Gasteiger partial charge in [-0.25, -0.2) is 4.79 Å². The zero-order chi connectivity index (χ0) is 17.3. The van der Waals surface area contributed by atoms with Crippen molar-refractivity contribution in [2.45, 2.75) is 19.4 Å². The van der Waals surface area contributed by atoms with Crippen LogP contribution in [0.5, 0.6) is 0 Å². The van der Waals surface area contributed by atoms with Gasteiger partial charge in [0.05, 0.1) is 6.61 Å².